The molecule has 0 radical (unpaired) electrons. The van der Waals surface area contributed by atoms with Crippen LogP contribution in [0.1, 0.15) is 127 Å². The fraction of sp³-hybridized carbons (Fsp3) is 0.568. The number of carbonyl (C=O) groups is 2. The minimum Gasteiger partial charge on any atom is -0.350 e. The summed E-state index contributed by atoms with van der Waals surface area (Å²) in [4.78, 5) is 28.3. The van der Waals surface area contributed by atoms with E-state index >= 15 is 4.39 Å². The van der Waals surface area contributed by atoms with Gasteiger partial charge >= 0.3 is 0 Å². The molecule has 3 atom stereocenters. The van der Waals surface area contributed by atoms with E-state index in [0.717, 1.165) is 37.3 Å². The van der Waals surface area contributed by atoms with Crippen molar-refractivity contribution in [2.24, 2.45) is 11.3 Å². The summed E-state index contributed by atoms with van der Waals surface area (Å²) in [6.07, 6.45) is 9.14. The number of aryl methyl sites for hydroxylation is 1. The maximum atomic E-state index is 15.2. The van der Waals surface area contributed by atoms with Crippen LogP contribution in [0.15, 0.2) is 48.6 Å². The molecular weight excluding hydrogens is 542 g/mol. The van der Waals surface area contributed by atoms with Gasteiger partial charge in [0.25, 0.3) is 0 Å². The second kappa shape index (κ2) is 15.6. The number of hydrogen-bond acceptors (Lipinski definition) is 2. The Bertz CT molecular complexity index is 1260. The second-order valence-corrected chi connectivity index (χ2v) is 13.2. The molecule has 0 bridgehead atoms. The van der Waals surface area contributed by atoms with Gasteiger partial charge in [0.2, 0.25) is 11.8 Å². The van der Waals surface area contributed by atoms with Crippen molar-refractivity contribution in [1.29, 1.82) is 0 Å². The van der Waals surface area contributed by atoms with Crippen molar-refractivity contribution in [2.75, 3.05) is 13.1 Å². The van der Waals surface area contributed by atoms with Gasteiger partial charge in [-0.3, -0.25) is 9.59 Å². The first kappa shape index (κ1) is 34.5. The number of halogens is 2. The Hall–Kier alpha value is -3.02. The second-order valence-electron chi connectivity index (χ2n) is 13.2. The zero-order valence-corrected chi connectivity index (χ0v) is 27.3. The van der Waals surface area contributed by atoms with Crippen molar-refractivity contribution >= 4 is 11.8 Å². The zero-order valence-electron chi connectivity index (χ0n) is 27.3. The third kappa shape index (κ3) is 9.48. The summed E-state index contributed by atoms with van der Waals surface area (Å²) in [6, 6.07) is 10.3. The number of nitrogens with zero attached hydrogens (tertiary/aromatic N) is 1. The minimum atomic E-state index is -0.611. The number of piperidine rings is 1. The predicted molar refractivity (Wildman–Crippen MR) is 172 cm³/mol. The average Bonchev–Trinajstić information content (AvgIpc) is 2.97. The van der Waals surface area contributed by atoms with Gasteiger partial charge in [0.15, 0.2) is 0 Å². The van der Waals surface area contributed by atoms with Crippen LogP contribution in [0.2, 0.25) is 0 Å². The summed E-state index contributed by atoms with van der Waals surface area (Å²) in [7, 11) is 0. The number of hydrogen-bond donors (Lipinski definition) is 1. The van der Waals surface area contributed by atoms with Crippen molar-refractivity contribution in [2.45, 2.75) is 111 Å². The van der Waals surface area contributed by atoms with Gasteiger partial charge in [-0.2, -0.15) is 0 Å². The van der Waals surface area contributed by atoms with E-state index in [2.05, 4.69) is 70.3 Å². The first-order valence-electron chi connectivity index (χ1n) is 16.2. The van der Waals surface area contributed by atoms with Crippen molar-refractivity contribution in [3.63, 3.8) is 0 Å². The predicted octanol–water partition coefficient (Wildman–Crippen LogP) is 9.01. The van der Waals surface area contributed by atoms with Gasteiger partial charge in [-0.1, -0.05) is 84.4 Å². The standard InChI is InChI=1S/C37H52F2N2O2/c1-8-12-32(30(13-11-20-37(5,6)7)31-17-15-28(38)24-34(31)39)36(43)41-21-18-27(19-22-41)29-16-14-26(9-2)23-33(29)25(4)40-35(42)10-3/h11,14-17,20,23-25,27,30,32H,8-10,12-13,18-19,21-22H2,1-7H3,(H,40,42)/b20-11+/t25?,30-,32+/m0/s1. The fourth-order valence-corrected chi connectivity index (χ4v) is 6.34. The lowest BCUT2D eigenvalue weighted by Gasteiger charge is -2.37. The Morgan fingerprint density at radius 2 is 1.72 bits per heavy atom. The number of allylic oxidation sites excluding steroid dienone is 2. The summed E-state index contributed by atoms with van der Waals surface area (Å²) >= 11 is 0. The highest BCUT2D eigenvalue weighted by Crippen LogP contribution is 2.38. The third-order valence-corrected chi connectivity index (χ3v) is 8.74. The van der Waals surface area contributed by atoms with E-state index in [0.29, 0.717) is 37.9 Å². The number of carbonyl (C=O) groups excluding carboxylic acids is 2. The monoisotopic (exact) mass is 594 g/mol. The molecule has 1 N–H and O–H groups in total. The van der Waals surface area contributed by atoms with E-state index in [1.54, 1.807) is 0 Å². The lowest BCUT2D eigenvalue weighted by atomic mass is 9.78. The van der Waals surface area contributed by atoms with E-state index in [4.69, 9.17) is 0 Å². The first-order valence-corrected chi connectivity index (χ1v) is 16.2. The van der Waals surface area contributed by atoms with Crippen LogP contribution < -0.4 is 5.32 Å². The molecule has 1 unspecified atom stereocenters. The van der Waals surface area contributed by atoms with E-state index in [-0.39, 0.29) is 35.1 Å². The number of benzene rings is 2. The molecule has 43 heavy (non-hydrogen) atoms. The largest absolute Gasteiger partial charge is 0.350 e. The molecule has 0 saturated carbocycles. The summed E-state index contributed by atoms with van der Waals surface area (Å²) in [5.41, 5.74) is 4.02. The normalized spacial score (nSPS) is 16.7. The van der Waals surface area contributed by atoms with Gasteiger partial charge in [-0.05, 0) is 78.7 Å². The lowest BCUT2D eigenvalue weighted by Crippen LogP contribution is -2.43. The molecule has 1 aliphatic rings. The molecule has 3 rings (SSSR count). The van der Waals surface area contributed by atoms with Crippen molar-refractivity contribution < 1.29 is 18.4 Å². The van der Waals surface area contributed by atoms with Gasteiger partial charge in [-0.25, -0.2) is 8.78 Å². The molecule has 2 aromatic carbocycles. The van der Waals surface area contributed by atoms with Gasteiger partial charge in [0.1, 0.15) is 11.6 Å². The van der Waals surface area contributed by atoms with E-state index in [9.17, 15) is 14.0 Å². The molecule has 1 aliphatic heterocycles. The molecule has 1 heterocycles. The van der Waals surface area contributed by atoms with Crippen LogP contribution in [0, 0.1) is 23.0 Å². The number of rotatable bonds is 12. The van der Waals surface area contributed by atoms with Crippen molar-refractivity contribution in [3.05, 3.63) is 82.4 Å². The highest BCUT2D eigenvalue weighted by molar-refractivity contribution is 5.80. The molecule has 2 amide bonds. The molecule has 6 heteroatoms. The summed E-state index contributed by atoms with van der Waals surface area (Å²) < 4.78 is 29.0. The molecule has 4 nitrogen and oxygen atoms in total. The summed E-state index contributed by atoms with van der Waals surface area (Å²) in [6.45, 7) is 15.7. The van der Waals surface area contributed by atoms with E-state index in [1.165, 1.54) is 23.3 Å². The zero-order chi connectivity index (χ0) is 31.7. The first-order chi connectivity index (χ1) is 20.4. The van der Waals surface area contributed by atoms with Gasteiger partial charge in [0, 0.05) is 37.4 Å². The molecular formula is C37H52F2N2O2. The lowest BCUT2D eigenvalue weighted by molar-refractivity contribution is -0.137. The van der Waals surface area contributed by atoms with Crippen LogP contribution in [-0.4, -0.2) is 29.8 Å². The van der Waals surface area contributed by atoms with Crippen molar-refractivity contribution in [1.82, 2.24) is 10.2 Å². The Labute approximate surface area is 258 Å². The maximum Gasteiger partial charge on any atom is 0.226 e. The van der Waals surface area contributed by atoms with E-state index in [1.807, 2.05) is 18.7 Å². The number of likely N-dealkylation sites (tertiary alicyclic amines) is 1. The number of nitrogens with one attached hydrogen (secondary N) is 1. The molecule has 0 aliphatic carbocycles. The molecule has 1 saturated heterocycles. The average molecular weight is 595 g/mol. The van der Waals surface area contributed by atoms with Crippen LogP contribution >= 0.6 is 0 Å². The highest BCUT2D eigenvalue weighted by Gasteiger charge is 2.35. The summed E-state index contributed by atoms with van der Waals surface area (Å²) in [5, 5.41) is 3.13. The van der Waals surface area contributed by atoms with Gasteiger partial charge < -0.3 is 10.2 Å². The molecule has 236 valence electrons. The summed E-state index contributed by atoms with van der Waals surface area (Å²) in [5.74, 6) is -1.59. The fourth-order valence-electron chi connectivity index (χ4n) is 6.34. The topological polar surface area (TPSA) is 49.4 Å². The molecule has 0 spiro atoms. The van der Waals surface area contributed by atoms with Gasteiger partial charge in [0.05, 0.1) is 6.04 Å². The maximum absolute atomic E-state index is 15.2. The quantitative estimate of drug-likeness (QED) is 0.249. The molecule has 1 fully saturated rings. The Morgan fingerprint density at radius 1 is 1.02 bits per heavy atom. The Balaban J connectivity index is 1.84. The molecule has 2 aromatic rings. The SMILES string of the molecule is CCC[C@@H](C(=O)N1CCC(c2ccc(CC)cc2C(C)NC(=O)CC)CC1)[C@@H](C/C=C/C(C)(C)C)c1ccc(F)cc1F. The van der Waals surface area contributed by atoms with Crippen LogP contribution in [-0.2, 0) is 16.0 Å². The minimum absolute atomic E-state index is 0.0345. The van der Waals surface area contributed by atoms with Crippen molar-refractivity contribution in [3.8, 4) is 0 Å². The van der Waals surface area contributed by atoms with Crippen LogP contribution in [0.4, 0.5) is 8.78 Å². The van der Waals surface area contributed by atoms with Crippen LogP contribution in [0.5, 0.6) is 0 Å². The van der Waals surface area contributed by atoms with Crippen LogP contribution in [0.3, 0.4) is 0 Å². The number of amides is 2. The highest BCUT2D eigenvalue weighted by atomic mass is 19.1. The third-order valence-electron chi connectivity index (χ3n) is 8.74. The van der Waals surface area contributed by atoms with E-state index < -0.39 is 17.6 Å². The van der Waals surface area contributed by atoms with Gasteiger partial charge in [-0.15, -0.1) is 0 Å². The smallest absolute Gasteiger partial charge is 0.226 e. The Kier molecular flexibility index (Phi) is 12.5. The molecule has 0 aromatic heterocycles. The Morgan fingerprint density at radius 3 is 2.30 bits per heavy atom. The van der Waals surface area contributed by atoms with Crippen LogP contribution in [0.25, 0.3) is 0 Å².